The molecule has 0 radical (unpaired) electrons. The normalized spacial score (nSPS) is 17.0. The van der Waals surface area contributed by atoms with Gasteiger partial charge < -0.3 is 14.5 Å². The zero-order chi connectivity index (χ0) is 21.5. The minimum absolute atomic E-state index is 0.0138. The van der Waals surface area contributed by atoms with E-state index in [1.165, 1.54) is 0 Å². The van der Waals surface area contributed by atoms with Gasteiger partial charge in [0.15, 0.2) is 0 Å². The molecule has 0 bridgehead atoms. The first-order valence-corrected chi connectivity index (χ1v) is 10.8. The highest BCUT2D eigenvalue weighted by Crippen LogP contribution is 2.24. The highest BCUT2D eigenvalue weighted by molar-refractivity contribution is 5.88. The highest BCUT2D eigenvalue weighted by Gasteiger charge is 2.34. The summed E-state index contributed by atoms with van der Waals surface area (Å²) >= 11 is 0. The fourth-order valence-corrected chi connectivity index (χ4v) is 3.95. The van der Waals surface area contributed by atoms with Crippen LogP contribution in [0.3, 0.4) is 0 Å². The van der Waals surface area contributed by atoms with Gasteiger partial charge in [0, 0.05) is 44.4 Å². The Hall–Kier alpha value is -2.83. The number of carbonyl (C=O) groups excluding carboxylic acids is 2. The largest absolute Gasteiger partial charge is 0.497 e. The summed E-state index contributed by atoms with van der Waals surface area (Å²) in [5.74, 6) is 0.809. The molecule has 7 nitrogen and oxygen atoms in total. The van der Waals surface area contributed by atoms with Gasteiger partial charge in [0.05, 0.1) is 13.3 Å². The summed E-state index contributed by atoms with van der Waals surface area (Å²) in [4.78, 5) is 30.0. The minimum atomic E-state index is -0.438. The maximum Gasteiger partial charge on any atom is 0.245 e. The lowest BCUT2D eigenvalue weighted by Crippen LogP contribution is -2.49. The Balaban J connectivity index is 1.80. The average Bonchev–Trinajstić information content (AvgIpc) is 3.15. The van der Waals surface area contributed by atoms with E-state index in [0.29, 0.717) is 32.5 Å². The topological polar surface area (TPSA) is 67.7 Å². The van der Waals surface area contributed by atoms with Crippen molar-refractivity contribution < 1.29 is 14.3 Å². The van der Waals surface area contributed by atoms with Crippen LogP contribution in [0, 0.1) is 0 Å². The van der Waals surface area contributed by atoms with Crippen molar-refractivity contribution >= 4 is 11.8 Å². The SMILES string of the molecule is CCN(Cc1cnn(CC)c1)C(=O)C1CCCCC(=O)N1Cc1cccc(OC)c1. The van der Waals surface area contributed by atoms with Crippen molar-refractivity contribution in [1.29, 1.82) is 0 Å². The number of aryl methyl sites for hydroxylation is 1. The first-order chi connectivity index (χ1) is 14.5. The van der Waals surface area contributed by atoms with Crippen molar-refractivity contribution in [3.8, 4) is 5.75 Å². The van der Waals surface area contributed by atoms with Crippen molar-refractivity contribution in [2.24, 2.45) is 0 Å². The summed E-state index contributed by atoms with van der Waals surface area (Å²) in [7, 11) is 1.63. The van der Waals surface area contributed by atoms with Gasteiger partial charge in [0.1, 0.15) is 11.8 Å². The van der Waals surface area contributed by atoms with Gasteiger partial charge in [0.25, 0.3) is 0 Å². The van der Waals surface area contributed by atoms with E-state index in [-0.39, 0.29) is 11.8 Å². The summed E-state index contributed by atoms with van der Waals surface area (Å²) in [5, 5.41) is 4.31. The molecular weight excluding hydrogens is 380 g/mol. The molecule has 1 saturated heterocycles. The molecule has 0 N–H and O–H groups in total. The quantitative estimate of drug-likeness (QED) is 0.668. The molecule has 1 aliphatic rings. The van der Waals surface area contributed by atoms with E-state index in [0.717, 1.165) is 36.3 Å². The van der Waals surface area contributed by atoms with Gasteiger partial charge in [-0.3, -0.25) is 14.3 Å². The number of hydrogen-bond acceptors (Lipinski definition) is 4. The van der Waals surface area contributed by atoms with Crippen LogP contribution in [0.5, 0.6) is 5.75 Å². The van der Waals surface area contributed by atoms with Crippen molar-refractivity contribution in [1.82, 2.24) is 19.6 Å². The molecule has 2 heterocycles. The number of carbonyl (C=O) groups is 2. The average molecular weight is 413 g/mol. The zero-order valence-corrected chi connectivity index (χ0v) is 18.2. The standard InChI is InChI=1S/C23H32N4O3/c1-4-25(15-19-14-24-26(5-2)16-19)23(29)21-11-6-7-12-22(28)27(21)17-18-9-8-10-20(13-18)30-3/h8-10,13-14,16,21H,4-7,11-12,15,17H2,1-3H3. The number of rotatable bonds is 8. The molecule has 0 aliphatic carbocycles. The molecular formula is C23H32N4O3. The second-order valence-electron chi connectivity index (χ2n) is 7.69. The lowest BCUT2D eigenvalue weighted by Gasteiger charge is -2.33. The van der Waals surface area contributed by atoms with E-state index >= 15 is 0 Å². The lowest BCUT2D eigenvalue weighted by molar-refractivity contribution is -0.146. The van der Waals surface area contributed by atoms with Gasteiger partial charge in [0.2, 0.25) is 11.8 Å². The Kier molecular flexibility index (Phi) is 7.49. The molecule has 1 atom stereocenters. The van der Waals surface area contributed by atoms with Crippen molar-refractivity contribution in [2.45, 2.75) is 65.2 Å². The number of methoxy groups -OCH3 is 1. The van der Waals surface area contributed by atoms with Crippen LogP contribution in [0.1, 0.15) is 50.7 Å². The molecule has 2 amide bonds. The second-order valence-corrected chi connectivity index (χ2v) is 7.69. The third-order valence-corrected chi connectivity index (χ3v) is 5.66. The first-order valence-electron chi connectivity index (χ1n) is 10.8. The number of benzene rings is 1. The zero-order valence-electron chi connectivity index (χ0n) is 18.2. The van der Waals surface area contributed by atoms with E-state index in [1.807, 2.05) is 60.1 Å². The first kappa shape index (κ1) is 21.9. The predicted molar refractivity (Wildman–Crippen MR) is 115 cm³/mol. The molecule has 1 aromatic carbocycles. The summed E-state index contributed by atoms with van der Waals surface area (Å²) in [5.41, 5.74) is 1.97. The van der Waals surface area contributed by atoms with Gasteiger partial charge in [-0.2, -0.15) is 5.10 Å². The van der Waals surface area contributed by atoms with Crippen molar-refractivity contribution in [3.63, 3.8) is 0 Å². The van der Waals surface area contributed by atoms with Gasteiger partial charge in [-0.15, -0.1) is 0 Å². The Morgan fingerprint density at radius 2 is 2.10 bits per heavy atom. The van der Waals surface area contributed by atoms with Crippen LogP contribution >= 0.6 is 0 Å². The van der Waals surface area contributed by atoms with Gasteiger partial charge in [-0.25, -0.2) is 0 Å². The van der Waals surface area contributed by atoms with E-state index in [1.54, 1.807) is 12.0 Å². The molecule has 0 spiro atoms. The van der Waals surface area contributed by atoms with Crippen LogP contribution in [0.25, 0.3) is 0 Å². The Morgan fingerprint density at radius 1 is 1.27 bits per heavy atom. The highest BCUT2D eigenvalue weighted by atomic mass is 16.5. The number of hydrogen-bond donors (Lipinski definition) is 0. The third kappa shape index (κ3) is 5.20. The number of likely N-dealkylation sites (tertiary alicyclic amines) is 1. The molecule has 1 fully saturated rings. The molecule has 1 unspecified atom stereocenters. The van der Waals surface area contributed by atoms with Crippen LogP contribution < -0.4 is 4.74 Å². The molecule has 0 saturated carbocycles. The molecule has 2 aromatic rings. The molecule has 1 aliphatic heterocycles. The molecule has 3 rings (SSSR count). The predicted octanol–water partition coefficient (Wildman–Crippen LogP) is 3.23. The fourth-order valence-electron chi connectivity index (χ4n) is 3.95. The number of amides is 2. The number of aromatic nitrogens is 2. The Bertz CT molecular complexity index is 864. The Labute approximate surface area is 178 Å². The summed E-state index contributed by atoms with van der Waals surface area (Å²) in [6, 6.07) is 7.25. The van der Waals surface area contributed by atoms with Crippen molar-refractivity contribution in [3.05, 3.63) is 47.8 Å². The maximum atomic E-state index is 13.5. The molecule has 30 heavy (non-hydrogen) atoms. The van der Waals surface area contributed by atoms with Crippen LogP contribution in [-0.4, -0.2) is 51.1 Å². The summed E-state index contributed by atoms with van der Waals surface area (Å²) in [6.07, 6.45) is 6.67. The minimum Gasteiger partial charge on any atom is -0.497 e. The van der Waals surface area contributed by atoms with Gasteiger partial charge in [-0.1, -0.05) is 18.6 Å². The number of ether oxygens (including phenoxy) is 1. The van der Waals surface area contributed by atoms with Crippen molar-refractivity contribution in [2.75, 3.05) is 13.7 Å². The summed E-state index contributed by atoms with van der Waals surface area (Å²) < 4.78 is 7.18. The van der Waals surface area contributed by atoms with Crippen LogP contribution in [0.2, 0.25) is 0 Å². The Morgan fingerprint density at radius 3 is 2.80 bits per heavy atom. The lowest BCUT2D eigenvalue weighted by atomic mass is 10.1. The monoisotopic (exact) mass is 412 g/mol. The fraction of sp³-hybridized carbons (Fsp3) is 0.522. The van der Waals surface area contributed by atoms with E-state index in [9.17, 15) is 9.59 Å². The van der Waals surface area contributed by atoms with Gasteiger partial charge >= 0.3 is 0 Å². The molecule has 1 aromatic heterocycles. The van der Waals surface area contributed by atoms with E-state index in [4.69, 9.17) is 4.74 Å². The van der Waals surface area contributed by atoms with E-state index < -0.39 is 6.04 Å². The van der Waals surface area contributed by atoms with Crippen LogP contribution in [0.4, 0.5) is 0 Å². The maximum absolute atomic E-state index is 13.5. The van der Waals surface area contributed by atoms with E-state index in [2.05, 4.69) is 5.10 Å². The number of nitrogens with zero attached hydrogens (tertiary/aromatic N) is 4. The van der Waals surface area contributed by atoms with Gasteiger partial charge in [-0.05, 0) is 44.4 Å². The third-order valence-electron chi connectivity index (χ3n) is 5.66. The van der Waals surface area contributed by atoms with Crippen LogP contribution in [-0.2, 0) is 29.2 Å². The molecule has 7 heteroatoms. The smallest absolute Gasteiger partial charge is 0.245 e. The summed E-state index contributed by atoms with van der Waals surface area (Å²) in [6.45, 7) is 6.32. The van der Waals surface area contributed by atoms with Crippen LogP contribution in [0.15, 0.2) is 36.7 Å². The molecule has 162 valence electrons. The number of likely N-dealkylation sites (N-methyl/N-ethyl adjacent to an activating group) is 1. The second kappa shape index (κ2) is 10.3.